The summed E-state index contributed by atoms with van der Waals surface area (Å²) in [7, 11) is -3.36. The van der Waals surface area contributed by atoms with E-state index in [1.807, 2.05) is 6.08 Å². The largest absolute Gasteiger partial charge is 0.475 e. The van der Waals surface area contributed by atoms with Gasteiger partial charge in [0.1, 0.15) is 0 Å². The van der Waals surface area contributed by atoms with E-state index in [4.69, 9.17) is 13.6 Å². The fraction of sp³-hybridized carbons (Fsp3) is 0.818. The standard InChI is InChI=1S/C11H21O4P/c1-3-13-16(12,14-4-2)15-11-9-7-5-6-8-10-11/h7,9,11H,3-6,8,10H2,1-2H3. The predicted octanol–water partition coefficient (Wildman–Crippen LogP) is 3.68. The van der Waals surface area contributed by atoms with Crippen molar-refractivity contribution in [3.05, 3.63) is 12.2 Å². The van der Waals surface area contributed by atoms with Crippen LogP contribution in [0.5, 0.6) is 0 Å². The molecule has 0 saturated carbocycles. The first-order valence-electron chi connectivity index (χ1n) is 5.94. The molecule has 5 heteroatoms. The molecule has 0 aliphatic heterocycles. The molecule has 0 aromatic heterocycles. The fourth-order valence-corrected chi connectivity index (χ4v) is 2.96. The summed E-state index contributed by atoms with van der Waals surface area (Å²) in [6.07, 6.45) is 8.05. The first-order chi connectivity index (χ1) is 7.70. The van der Waals surface area contributed by atoms with Crippen LogP contribution in [-0.4, -0.2) is 19.3 Å². The maximum absolute atomic E-state index is 12.1. The molecule has 0 aromatic rings. The monoisotopic (exact) mass is 248 g/mol. The third kappa shape index (κ3) is 4.79. The summed E-state index contributed by atoms with van der Waals surface area (Å²) < 4.78 is 27.7. The van der Waals surface area contributed by atoms with Gasteiger partial charge in [0.15, 0.2) is 0 Å². The Hall–Kier alpha value is -0.150. The summed E-state index contributed by atoms with van der Waals surface area (Å²) in [6.45, 7) is 4.21. The van der Waals surface area contributed by atoms with E-state index in [9.17, 15) is 4.57 Å². The smallest absolute Gasteiger partial charge is 0.287 e. The Morgan fingerprint density at radius 3 is 2.56 bits per heavy atom. The van der Waals surface area contributed by atoms with E-state index in [0.717, 1.165) is 25.7 Å². The molecule has 1 atom stereocenters. The molecular formula is C11H21O4P. The highest BCUT2D eigenvalue weighted by Gasteiger charge is 2.29. The molecule has 4 nitrogen and oxygen atoms in total. The molecule has 1 aliphatic carbocycles. The van der Waals surface area contributed by atoms with Gasteiger partial charge in [-0.05, 0) is 33.1 Å². The van der Waals surface area contributed by atoms with Crippen molar-refractivity contribution >= 4 is 7.82 Å². The maximum atomic E-state index is 12.1. The Morgan fingerprint density at radius 1 is 1.25 bits per heavy atom. The molecule has 0 radical (unpaired) electrons. The minimum Gasteiger partial charge on any atom is -0.287 e. The van der Waals surface area contributed by atoms with Crippen LogP contribution in [0.1, 0.15) is 39.5 Å². The first kappa shape index (κ1) is 13.9. The molecule has 0 saturated heterocycles. The summed E-state index contributed by atoms with van der Waals surface area (Å²) in [4.78, 5) is 0. The summed E-state index contributed by atoms with van der Waals surface area (Å²) in [6, 6.07) is 0. The minimum absolute atomic E-state index is 0.147. The molecule has 1 unspecified atom stereocenters. The van der Waals surface area contributed by atoms with Crippen LogP contribution in [0.15, 0.2) is 12.2 Å². The molecule has 0 spiro atoms. The van der Waals surface area contributed by atoms with E-state index < -0.39 is 7.82 Å². The van der Waals surface area contributed by atoms with Crippen molar-refractivity contribution < 1.29 is 18.1 Å². The van der Waals surface area contributed by atoms with E-state index >= 15 is 0 Å². The van der Waals surface area contributed by atoms with Crippen LogP contribution < -0.4 is 0 Å². The highest BCUT2D eigenvalue weighted by atomic mass is 31.2. The Morgan fingerprint density at radius 2 is 1.94 bits per heavy atom. The minimum atomic E-state index is -3.36. The van der Waals surface area contributed by atoms with Crippen molar-refractivity contribution in [1.82, 2.24) is 0 Å². The lowest BCUT2D eigenvalue weighted by atomic mass is 10.2. The second-order valence-corrected chi connectivity index (χ2v) is 5.26. The summed E-state index contributed by atoms with van der Waals surface area (Å²) in [5, 5.41) is 0. The van der Waals surface area contributed by atoms with Gasteiger partial charge < -0.3 is 0 Å². The van der Waals surface area contributed by atoms with Crippen molar-refractivity contribution in [3.8, 4) is 0 Å². The van der Waals surface area contributed by atoms with Crippen molar-refractivity contribution in [1.29, 1.82) is 0 Å². The molecule has 0 bridgehead atoms. The highest BCUT2D eigenvalue weighted by molar-refractivity contribution is 7.48. The van der Waals surface area contributed by atoms with Gasteiger partial charge in [0.25, 0.3) is 0 Å². The lowest BCUT2D eigenvalue weighted by Gasteiger charge is -2.20. The number of hydrogen-bond acceptors (Lipinski definition) is 4. The van der Waals surface area contributed by atoms with Crippen LogP contribution in [0.25, 0.3) is 0 Å². The van der Waals surface area contributed by atoms with Crippen molar-refractivity contribution in [2.45, 2.75) is 45.6 Å². The van der Waals surface area contributed by atoms with Gasteiger partial charge in [-0.15, -0.1) is 0 Å². The Kier molecular flexibility index (Phi) is 6.29. The maximum Gasteiger partial charge on any atom is 0.475 e. The topological polar surface area (TPSA) is 44.8 Å². The van der Waals surface area contributed by atoms with Crippen LogP contribution in [0, 0.1) is 0 Å². The number of hydrogen-bond donors (Lipinski definition) is 0. The Balaban J connectivity index is 2.55. The SMILES string of the molecule is CCOP(=O)(OCC)OC1C=CCCCC1. The Labute approximate surface area is 97.6 Å². The first-order valence-corrected chi connectivity index (χ1v) is 7.40. The normalized spacial score (nSPS) is 22.0. The average molecular weight is 248 g/mol. The summed E-state index contributed by atoms with van der Waals surface area (Å²) in [5.41, 5.74) is 0. The molecule has 0 N–H and O–H groups in total. The van der Waals surface area contributed by atoms with E-state index in [2.05, 4.69) is 6.08 Å². The van der Waals surface area contributed by atoms with Gasteiger partial charge in [-0.25, -0.2) is 4.57 Å². The molecule has 0 aromatic carbocycles. The van der Waals surface area contributed by atoms with Crippen LogP contribution in [-0.2, 0) is 18.1 Å². The number of rotatable bonds is 6. The van der Waals surface area contributed by atoms with Gasteiger partial charge in [0.05, 0.1) is 19.3 Å². The van der Waals surface area contributed by atoms with Gasteiger partial charge in [0, 0.05) is 0 Å². The van der Waals surface area contributed by atoms with Gasteiger partial charge in [-0.3, -0.25) is 13.6 Å². The zero-order valence-electron chi connectivity index (χ0n) is 10.1. The van der Waals surface area contributed by atoms with Gasteiger partial charge >= 0.3 is 7.82 Å². The van der Waals surface area contributed by atoms with E-state index in [-0.39, 0.29) is 6.10 Å². The number of phosphoric ester groups is 1. The molecule has 94 valence electrons. The van der Waals surface area contributed by atoms with Crippen LogP contribution in [0.3, 0.4) is 0 Å². The summed E-state index contributed by atoms with van der Waals surface area (Å²) >= 11 is 0. The van der Waals surface area contributed by atoms with Crippen LogP contribution >= 0.6 is 7.82 Å². The summed E-state index contributed by atoms with van der Waals surface area (Å²) in [5.74, 6) is 0. The molecule has 0 fully saturated rings. The highest BCUT2D eigenvalue weighted by Crippen LogP contribution is 2.51. The average Bonchev–Trinajstić information content (AvgIpc) is 2.46. The fourth-order valence-electron chi connectivity index (χ4n) is 1.62. The quantitative estimate of drug-likeness (QED) is 0.531. The van der Waals surface area contributed by atoms with E-state index in [0.29, 0.717) is 13.2 Å². The molecule has 1 rings (SSSR count). The molecule has 16 heavy (non-hydrogen) atoms. The molecule has 1 aliphatic rings. The molecular weight excluding hydrogens is 227 g/mol. The van der Waals surface area contributed by atoms with Gasteiger partial charge in [-0.2, -0.15) is 0 Å². The van der Waals surface area contributed by atoms with Crippen molar-refractivity contribution in [2.24, 2.45) is 0 Å². The second kappa shape index (κ2) is 7.23. The van der Waals surface area contributed by atoms with E-state index in [1.165, 1.54) is 0 Å². The van der Waals surface area contributed by atoms with Gasteiger partial charge in [0.2, 0.25) is 0 Å². The Bertz CT molecular complexity index is 255. The number of phosphoric acid groups is 1. The predicted molar refractivity (Wildman–Crippen MR) is 63.3 cm³/mol. The van der Waals surface area contributed by atoms with Gasteiger partial charge in [-0.1, -0.05) is 18.6 Å². The zero-order valence-corrected chi connectivity index (χ0v) is 10.9. The zero-order chi connectivity index (χ0) is 11.9. The molecule has 0 amide bonds. The van der Waals surface area contributed by atoms with E-state index in [1.54, 1.807) is 13.8 Å². The lowest BCUT2D eigenvalue weighted by Crippen LogP contribution is -2.10. The third-order valence-electron chi connectivity index (χ3n) is 2.30. The second-order valence-electron chi connectivity index (χ2n) is 3.64. The molecule has 0 heterocycles. The number of allylic oxidation sites excluding steroid dienone is 1. The van der Waals surface area contributed by atoms with Crippen molar-refractivity contribution in [3.63, 3.8) is 0 Å². The third-order valence-corrected chi connectivity index (χ3v) is 3.98. The van der Waals surface area contributed by atoms with Crippen molar-refractivity contribution in [2.75, 3.05) is 13.2 Å². The van der Waals surface area contributed by atoms with Crippen LogP contribution in [0.4, 0.5) is 0 Å². The van der Waals surface area contributed by atoms with Crippen LogP contribution in [0.2, 0.25) is 0 Å². The lowest BCUT2D eigenvalue weighted by molar-refractivity contribution is 0.0974.